The van der Waals surface area contributed by atoms with Crippen molar-refractivity contribution < 1.29 is 9.32 Å². The molecule has 0 aliphatic heterocycles. The Balaban J connectivity index is 1.38. The number of pyridine rings is 1. The van der Waals surface area contributed by atoms with Gasteiger partial charge in [-0.2, -0.15) is 4.98 Å². The summed E-state index contributed by atoms with van der Waals surface area (Å²) in [5, 5.41) is 7.76. The zero-order valence-corrected chi connectivity index (χ0v) is 13.2. The SMILES string of the molecule is O=C(NCCc1noc(C2CCC2)n1)c1ccnc2ccccc12. The quantitative estimate of drug-likeness (QED) is 0.781. The van der Waals surface area contributed by atoms with Crippen molar-refractivity contribution in [3.05, 3.63) is 53.8 Å². The van der Waals surface area contributed by atoms with Gasteiger partial charge in [-0.05, 0) is 25.0 Å². The molecule has 1 aromatic carbocycles. The van der Waals surface area contributed by atoms with E-state index < -0.39 is 0 Å². The van der Waals surface area contributed by atoms with E-state index in [-0.39, 0.29) is 5.91 Å². The first-order valence-electron chi connectivity index (χ1n) is 8.26. The molecule has 0 radical (unpaired) electrons. The molecule has 1 aliphatic rings. The van der Waals surface area contributed by atoms with Gasteiger partial charge in [0.2, 0.25) is 5.89 Å². The molecule has 6 nitrogen and oxygen atoms in total. The third-order valence-corrected chi connectivity index (χ3v) is 4.47. The highest BCUT2D eigenvalue weighted by molar-refractivity contribution is 6.05. The summed E-state index contributed by atoms with van der Waals surface area (Å²) in [6, 6.07) is 9.35. The second kappa shape index (κ2) is 6.39. The van der Waals surface area contributed by atoms with E-state index in [0.717, 1.165) is 29.6 Å². The van der Waals surface area contributed by atoms with Crippen LogP contribution in [0.15, 0.2) is 41.1 Å². The molecule has 122 valence electrons. The number of carbonyl (C=O) groups excluding carboxylic acids is 1. The third kappa shape index (κ3) is 2.87. The van der Waals surface area contributed by atoms with Crippen molar-refractivity contribution in [2.45, 2.75) is 31.6 Å². The first-order valence-corrected chi connectivity index (χ1v) is 8.26. The molecule has 1 fully saturated rings. The average molecular weight is 322 g/mol. The fourth-order valence-corrected chi connectivity index (χ4v) is 2.87. The molecule has 0 bridgehead atoms. The lowest BCUT2D eigenvalue weighted by Crippen LogP contribution is -2.26. The highest BCUT2D eigenvalue weighted by atomic mass is 16.5. The van der Waals surface area contributed by atoms with E-state index >= 15 is 0 Å². The Labute approximate surface area is 139 Å². The molecule has 1 amide bonds. The number of carbonyl (C=O) groups is 1. The fourth-order valence-electron chi connectivity index (χ4n) is 2.87. The number of benzene rings is 1. The van der Waals surface area contributed by atoms with E-state index in [1.165, 1.54) is 6.42 Å². The lowest BCUT2D eigenvalue weighted by atomic mass is 9.85. The Bertz CT molecular complexity index is 865. The molecule has 1 saturated carbocycles. The van der Waals surface area contributed by atoms with Gasteiger partial charge in [0.25, 0.3) is 5.91 Å². The molecule has 24 heavy (non-hydrogen) atoms. The average Bonchev–Trinajstić information content (AvgIpc) is 3.01. The third-order valence-electron chi connectivity index (χ3n) is 4.47. The topological polar surface area (TPSA) is 80.9 Å². The Morgan fingerprint density at radius 1 is 1.25 bits per heavy atom. The van der Waals surface area contributed by atoms with Gasteiger partial charge in [-0.3, -0.25) is 9.78 Å². The van der Waals surface area contributed by atoms with Crippen LogP contribution in [-0.4, -0.2) is 27.6 Å². The fraction of sp³-hybridized carbons (Fsp3) is 0.333. The summed E-state index contributed by atoms with van der Waals surface area (Å²) < 4.78 is 5.29. The highest BCUT2D eigenvalue weighted by Crippen LogP contribution is 2.35. The Hall–Kier alpha value is -2.76. The molecule has 0 atom stereocenters. The zero-order chi connectivity index (χ0) is 16.4. The van der Waals surface area contributed by atoms with E-state index in [4.69, 9.17) is 4.52 Å². The molecule has 2 heterocycles. The van der Waals surface area contributed by atoms with Gasteiger partial charge >= 0.3 is 0 Å². The van der Waals surface area contributed by atoms with Crippen LogP contribution < -0.4 is 5.32 Å². The van der Waals surface area contributed by atoms with E-state index in [9.17, 15) is 4.79 Å². The van der Waals surface area contributed by atoms with Crippen molar-refractivity contribution in [2.24, 2.45) is 0 Å². The van der Waals surface area contributed by atoms with Gasteiger partial charge in [0.15, 0.2) is 5.82 Å². The number of para-hydroxylation sites is 1. The van der Waals surface area contributed by atoms with Crippen molar-refractivity contribution in [1.82, 2.24) is 20.4 Å². The van der Waals surface area contributed by atoms with E-state index in [1.54, 1.807) is 12.3 Å². The standard InChI is InChI=1S/C18H18N4O2/c23-17(14-8-10-19-15-7-2-1-6-13(14)15)20-11-9-16-21-18(24-22-16)12-4-3-5-12/h1-2,6-8,10,12H,3-5,9,11H2,(H,20,23). The number of aromatic nitrogens is 3. The lowest BCUT2D eigenvalue weighted by Gasteiger charge is -2.20. The molecule has 6 heteroatoms. The maximum Gasteiger partial charge on any atom is 0.252 e. The number of rotatable bonds is 5. The van der Waals surface area contributed by atoms with E-state index in [0.29, 0.717) is 30.3 Å². The van der Waals surface area contributed by atoms with Crippen LogP contribution in [0.25, 0.3) is 10.9 Å². The van der Waals surface area contributed by atoms with Crippen LogP contribution in [0.2, 0.25) is 0 Å². The van der Waals surface area contributed by atoms with Crippen molar-refractivity contribution in [1.29, 1.82) is 0 Å². The molecule has 3 aromatic rings. The molecule has 0 spiro atoms. The van der Waals surface area contributed by atoms with Crippen LogP contribution in [0.5, 0.6) is 0 Å². The van der Waals surface area contributed by atoms with Gasteiger partial charge in [0.1, 0.15) is 0 Å². The van der Waals surface area contributed by atoms with Gasteiger partial charge in [0, 0.05) is 30.5 Å². The van der Waals surface area contributed by atoms with E-state index in [2.05, 4.69) is 20.4 Å². The van der Waals surface area contributed by atoms with Gasteiger partial charge in [-0.15, -0.1) is 0 Å². The normalized spacial score (nSPS) is 14.5. The van der Waals surface area contributed by atoms with Crippen molar-refractivity contribution in [2.75, 3.05) is 6.54 Å². The summed E-state index contributed by atoms with van der Waals surface area (Å²) in [5.74, 6) is 1.71. The Morgan fingerprint density at radius 2 is 2.12 bits per heavy atom. The van der Waals surface area contributed by atoms with Crippen LogP contribution >= 0.6 is 0 Å². The summed E-state index contributed by atoms with van der Waals surface area (Å²) in [6.45, 7) is 0.471. The monoisotopic (exact) mass is 322 g/mol. The number of amides is 1. The summed E-state index contributed by atoms with van der Waals surface area (Å²) in [4.78, 5) is 21.1. The number of hydrogen-bond donors (Lipinski definition) is 1. The smallest absolute Gasteiger partial charge is 0.252 e. The molecular weight excluding hydrogens is 304 g/mol. The van der Waals surface area contributed by atoms with Crippen molar-refractivity contribution in [3.8, 4) is 0 Å². The van der Waals surface area contributed by atoms with Crippen LogP contribution in [0.4, 0.5) is 0 Å². The predicted octanol–water partition coefficient (Wildman–Crippen LogP) is 2.86. The summed E-state index contributed by atoms with van der Waals surface area (Å²) in [7, 11) is 0. The van der Waals surface area contributed by atoms with Gasteiger partial charge in [-0.1, -0.05) is 29.8 Å². The predicted molar refractivity (Wildman–Crippen MR) is 88.7 cm³/mol. The second-order valence-electron chi connectivity index (χ2n) is 6.06. The molecule has 2 aromatic heterocycles. The lowest BCUT2D eigenvalue weighted by molar-refractivity contribution is 0.0955. The first kappa shape index (κ1) is 14.8. The summed E-state index contributed by atoms with van der Waals surface area (Å²) >= 11 is 0. The van der Waals surface area contributed by atoms with Crippen LogP contribution in [0.1, 0.15) is 47.3 Å². The van der Waals surface area contributed by atoms with Gasteiger partial charge < -0.3 is 9.84 Å². The van der Waals surface area contributed by atoms with Crippen molar-refractivity contribution in [3.63, 3.8) is 0 Å². The maximum atomic E-state index is 12.4. The summed E-state index contributed by atoms with van der Waals surface area (Å²) in [5.41, 5.74) is 1.44. The van der Waals surface area contributed by atoms with E-state index in [1.807, 2.05) is 24.3 Å². The highest BCUT2D eigenvalue weighted by Gasteiger charge is 2.25. The maximum absolute atomic E-state index is 12.4. The number of nitrogens with zero attached hydrogens (tertiary/aromatic N) is 3. The number of nitrogens with one attached hydrogen (secondary N) is 1. The second-order valence-corrected chi connectivity index (χ2v) is 6.06. The molecular formula is C18H18N4O2. The molecule has 0 unspecified atom stereocenters. The minimum Gasteiger partial charge on any atom is -0.352 e. The first-order chi connectivity index (χ1) is 11.8. The minimum atomic E-state index is -0.115. The molecule has 4 rings (SSSR count). The zero-order valence-electron chi connectivity index (χ0n) is 13.2. The van der Waals surface area contributed by atoms with Crippen molar-refractivity contribution >= 4 is 16.8 Å². The Morgan fingerprint density at radius 3 is 2.96 bits per heavy atom. The summed E-state index contributed by atoms with van der Waals surface area (Å²) in [6.07, 6.45) is 5.71. The van der Waals surface area contributed by atoms with Crippen LogP contribution in [0, 0.1) is 0 Å². The van der Waals surface area contributed by atoms with Gasteiger partial charge in [0.05, 0.1) is 11.1 Å². The minimum absolute atomic E-state index is 0.115. The largest absolute Gasteiger partial charge is 0.352 e. The van der Waals surface area contributed by atoms with Crippen LogP contribution in [0.3, 0.4) is 0 Å². The molecule has 0 saturated heterocycles. The number of fused-ring (bicyclic) bond motifs is 1. The van der Waals surface area contributed by atoms with Crippen LogP contribution in [-0.2, 0) is 6.42 Å². The molecule has 1 aliphatic carbocycles. The van der Waals surface area contributed by atoms with Gasteiger partial charge in [-0.25, -0.2) is 0 Å². The number of hydrogen-bond acceptors (Lipinski definition) is 5. The molecule has 1 N–H and O–H groups in total. The Kier molecular flexibility index (Phi) is 3.94.